The third-order valence-corrected chi connectivity index (χ3v) is 5.72. The first-order chi connectivity index (χ1) is 12.1. The van der Waals surface area contributed by atoms with Gasteiger partial charge in [0.25, 0.3) is 5.91 Å². The Hall–Kier alpha value is -1.90. The highest BCUT2D eigenvalue weighted by Gasteiger charge is 2.20. The Morgan fingerprint density at radius 1 is 1.07 bits per heavy atom. The SMILES string of the molecule is Cc1cc(NC(=O)c2cccc(S(=O)(=O)N[C@@H](C)C(C)C)c2)ccc1F.S. The van der Waals surface area contributed by atoms with E-state index in [2.05, 4.69) is 10.0 Å². The second kappa shape index (κ2) is 9.34. The van der Waals surface area contributed by atoms with Gasteiger partial charge in [0.05, 0.1) is 4.90 Å². The molecule has 1 amide bonds. The van der Waals surface area contributed by atoms with Gasteiger partial charge in [-0.15, -0.1) is 0 Å². The first-order valence-electron chi connectivity index (χ1n) is 8.30. The Balaban J connectivity index is 0.00000364. The number of nitrogens with one attached hydrogen (secondary N) is 2. The maximum atomic E-state index is 13.3. The molecule has 0 saturated heterocycles. The predicted octanol–water partition coefficient (Wildman–Crippen LogP) is 3.82. The van der Waals surface area contributed by atoms with E-state index in [0.717, 1.165) is 0 Å². The molecule has 1 atom stereocenters. The standard InChI is InChI=1S/C19H23FN2O3S.H2S/c1-12(2)14(4)22-26(24,25)17-7-5-6-15(11-17)19(23)21-16-8-9-18(20)13(3)10-16;/h5-12,14,22H,1-4H3,(H,21,23);1H2/t14-;/m0./s1. The van der Waals surface area contributed by atoms with Crippen LogP contribution in [0.5, 0.6) is 0 Å². The van der Waals surface area contributed by atoms with Crippen molar-refractivity contribution in [1.82, 2.24) is 4.72 Å². The minimum absolute atomic E-state index is 0. The molecule has 2 aromatic rings. The predicted molar refractivity (Wildman–Crippen MR) is 111 cm³/mol. The van der Waals surface area contributed by atoms with Crippen molar-refractivity contribution in [3.63, 3.8) is 0 Å². The molecule has 0 radical (unpaired) electrons. The van der Waals surface area contributed by atoms with E-state index in [1.165, 1.54) is 42.5 Å². The van der Waals surface area contributed by atoms with Crippen molar-refractivity contribution in [3.05, 3.63) is 59.4 Å². The van der Waals surface area contributed by atoms with Crippen LogP contribution in [-0.2, 0) is 10.0 Å². The van der Waals surface area contributed by atoms with Gasteiger partial charge in [0.1, 0.15) is 5.82 Å². The van der Waals surface area contributed by atoms with Crippen molar-refractivity contribution in [2.24, 2.45) is 5.92 Å². The van der Waals surface area contributed by atoms with Crippen LogP contribution in [0.25, 0.3) is 0 Å². The third kappa shape index (κ3) is 6.05. The van der Waals surface area contributed by atoms with Crippen molar-refractivity contribution < 1.29 is 17.6 Å². The minimum Gasteiger partial charge on any atom is -0.322 e. The Morgan fingerprint density at radius 3 is 2.33 bits per heavy atom. The second-order valence-corrected chi connectivity index (χ2v) is 8.31. The highest BCUT2D eigenvalue weighted by atomic mass is 32.2. The summed E-state index contributed by atoms with van der Waals surface area (Å²) in [6.07, 6.45) is 0. The normalized spacial score (nSPS) is 12.4. The van der Waals surface area contributed by atoms with Crippen LogP contribution in [0, 0.1) is 18.7 Å². The number of carbonyl (C=O) groups excluding carboxylic acids is 1. The first kappa shape index (κ1) is 23.1. The molecule has 5 nitrogen and oxygen atoms in total. The molecular formula is C19H25FN2O3S2. The van der Waals surface area contributed by atoms with E-state index < -0.39 is 15.9 Å². The van der Waals surface area contributed by atoms with Crippen molar-refractivity contribution in [1.29, 1.82) is 0 Å². The summed E-state index contributed by atoms with van der Waals surface area (Å²) in [5, 5.41) is 2.64. The van der Waals surface area contributed by atoms with E-state index in [0.29, 0.717) is 11.3 Å². The lowest BCUT2D eigenvalue weighted by atomic mass is 10.1. The van der Waals surface area contributed by atoms with Crippen LogP contribution in [0.15, 0.2) is 47.4 Å². The van der Waals surface area contributed by atoms with Crippen LogP contribution in [-0.4, -0.2) is 20.4 Å². The van der Waals surface area contributed by atoms with Crippen molar-refractivity contribution in [2.45, 2.75) is 38.6 Å². The molecule has 2 N–H and O–H groups in total. The van der Waals surface area contributed by atoms with E-state index in [1.807, 2.05) is 13.8 Å². The number of rotatable bonds is 6. The third-order valence-electron chi connectivity index (χ3n) is 4.16. The van der Waals surface area contributed by atoms with Crippen molar-refractivity contribution in [2.75, 3.05) is 5.32 Å². The van der Waals surface area contributed by atoms with Gasteiger partial charge in [-0.1, -0.05) is 19.9 Å². The van der Waals surface area contributed by atoms with Gasteiger partial charge in [-0.2, -0.15) is 13.5 Å². The molecule has 0 aromatic heterocycles. The van der Waals surface area contributed by atoms with Crippen LogP contribution in [0.2, 0.25) is 0 Å². The number of hydrogen-bond donors (Lipinski definition) is 2. The van der Waals surface area contributed by atoms with Crippen LogP contribution in [0.1, 0.15) is 36.7 Å². The smallest absolute Gasteiger partial charge is 0.255 e. The lowest BCUT2D eigenvalue weighted by Crippen LogP contribution is -2.36. The zero-order valence-corrected chi connectivity index (χ0v) is 17.5. The zero-order chi connectivity index (χ0) is 19.5. The molecule has 2 aromatic carbocycles. The number of aryl methyl sites for hydroxylation is 1. The second-order valence-electron chi connectivity index (χ2n) is 6.60. The molecule has 0 spiro atoms. The topological polar surface area (TPSA) is 75.3 Å². The molecule has 8 heteroatoms. The van der Waals surface area contributed by atoms with Crippen molar-refractivity contribution in [3.8, 4) is 0 Å². The Bertz CT molecular complexity index is 915. The van der Waals surface area contributed by atoms with Crippen molar-refractivity contribution >= 4 is 35.1 Å². The molecule has 0 bridgehead atoms. The number of halogens is 1. The van der Waals surface area contributed by atoms with Gasteiger partial charge in [-0.25, -0.2) is 17.5 Å². The number of hydrogen-bond acceptors (Lipinski definition) is 3. The van der Waals surface area contributed by atoms with Gasteiger partial charge >= 0.3 is 0 Å². The largest absolute Gasteiger partial charge is 0.322 e. The van der Waals surface area contributed by atoms with Gasteiger partial charge in [-0.05, 0) is 61.7 Å². The Morgan fingerprint density at radius 2 is 1.74 bits per heavy atom. The molecule has 0 aliphatic heterocycles. The summed E-state index contributed by atoms with van der Waals surface area (Å²) in [7, 11) is -3.73. The Kier molecular flexibility index (Phi) is 8.01. The molecule has 0 saturated carbocycles. The molecule has 27 heavy (non-hydrogen) atoms. The van der Waals surface area contributed by atoms with E-state index in [-0.39, 0.29) is 41.7 Å². The van der Waals surface area contributed by atoms with Crippen LogP contribution in [0.3, 0.4) is 0 Å². The minimum atomic E-state index is -3.73. The number of sulfonamides is 1. The maximum absolute atomic E-state index is 13.3. The highest BCUT2D eigenvalue weighted by molar-refractivity contribution is 7.89. The number of anilines is 1. The monoisotopic (exact) mass is 412 g/mol. The summed E-state index contributed by atoms with van der Waals surface area (Å²) in [5.41, 5.74) is 1.05. The number of benzene rings is 2. The lowest BCUT2D eigenvalue weighted by Gasteiger charge is -2.17. The quantitative estimate of drug-likeness (QED) is 0.757. The summed E-state index contributed by atoms with van der Waals surface area (Å²) in [5.74, 6) is -0.690. The average Bonchev–Trinajstić information content (AvgIpc) is 2.58. The lowest BCUT2D eigenvalue weighted by molar-refractivity contribution is 0.102. The molecule has 2 rings (SSSR count). The molecule has 0 aliphatic rings. The van der Waals surface area contributed by atoms with E-state index in [1.54, 1.807) is 13.8 Å². The van der Waals surface area contributed by atoms with Gasteiger partial charge in [0.15, 0.2) is 0 Å². The average molecular weight is 413 g/mol. The molecule has 0 fully saturated rings. The fourth-order valence-corrected chi connectivity index (χ4v) is 3.62. The summed E-state index contributed by atoms with van der Waals surface area (Å²) in [4.78, 5) is 12.4. The van der Waals surface area contributed by atoms with Gasteiger partial charge < -0.3 is 5.32 Å². The summed E-state index contributed by atoms with van der Waals surface area (Å²) in [6.45, 7) is 7.22. The molecule has 148 valence electrons. The highest BCUT2D eigenvalue weighted by Crippen LogP contribution is 2.17. The number of amides is 1. The van der Waals surface area contributed by atoms with Gasteiger partial charge in [0, 0.05) is 17.3 Å². The molecule has 0 aliphatic carbocycles. The fraction of sp³-hybridized carbons (Fsp3) is 0.316. The fourth-order valence-electron chi connectivity index (χ4n) is 2.18. The molecule has 0 heterocycles. The summed E-state index contributed by atoms with van der Waals surface area (Å²) < 4.78 is 40.9. The van der Waals surface area contributed by atoms with E-state index in [4.69, 9.17) is 0 Å². The maximum Gasteiger partial charge on any atom is 0.255 e. The van der Waals surface area contributed by atoms with E-state index >= 15 is 0 Å². The van der Waals surface area contributed by atoms with E-state index in [9.17, 15) is 17.6 Å². The van der Waals surface area contributed by atoms with Gasteiger partial charge in [-0.3, -0.25) is 4.79 Å². The van der Waals surface area contributed by atoms with Crippen LogP contribution < -0.4 is 10.0 Å². The van der Waals surface area contributed by atoms with Crippen LogP contribution in [0.4, 0.5) is 10.1 Å². The zero-order valence-electron chi connectivity index (χ0n) is 15.7. The van der Waals surface area contributed by atoms with Gasteiger partial charge in [0.2, 0.25) is 10.0 Å². The summed E-state index contributed by atoms with van der Waals surface area (Å²) >= 11 is 0. The number of carbonyl (C=O) groups is 1. The Labute approximate surface area is 166 Å². The van der Waals surface area contributed by atoms with Crippen LogP contribution >= 0.6 is 13.5 Å². The summed E-state index contributed by atoms with van der Waals surface area (Å²) in [6, 6.07) is 9.79. The molecular weight excluding hydrogens is 387 g/mol. The molecule has 0 unspecified atom stereocenters. The first-order valence-corrected chi connectivity index (χ1v) is 9.78.